The van der Waals surface area contributed by atoms with E-state index in [1.807, 2.05) is 18.2 Å². The number of ether oxygens (including phenoxy) is 1. The molecule has 0 bridgehead atoms. The van der Waals surface area contributed by atoms with E-state index in [0.29, 0.717) is 11.9 Å². The van der Waals surface area contributed by atoms with Gasteiger partial charge in [0.2, 0.25) is 5.91 Å². The van der Waals surface area contributed by atoms with Crippen molar-refractivity contribution in [3.8, 4) is 5.75 Å². The number of hydrogen-bond donors (Lipinski definition) is 1. The van der Waals surface area contributed by atoms with Crippen LogP contribution in [0.25, 0.3) is 0 Å². The van der Waals surface area contributed by atoms with Crippen LogP contribution >= 0.6 is 0 Å². The lowest BCUT2D eigenvalue weighted by Gasteiger charge is -2.42. The second-order valence-electron chi connectivity index (χ2n) is 6.85. The molecule has 0 aromatic heterocycles. The number of benzene rings is 1. The predicted octanol–water partition coefficient (Wildman–Crippen LogP) is 2.46. The highest BCUT2D eigenvalue weighted by Gasteiger charge is 2.61. The fourth-order valence-corrected chi connectivity index (χ4v) is 3.76. The first-order valence-corrected chi connectivity index (χ1v) is 7.87. The Kier molecular flexibility index (Phi) is 2.80. The number of carbonyl (C=O) groups is 1. The van der Waals surface area contributed by atoms with Gasteiger partial charge in [-0.1, -0.05) is 19.1 Å². The third-order valence-corrected chi connectivity index (χ3v) is 5.24. The predicted molar refractivity (Wildman–Crippen MR) is 79.9 cm³/mol. The summed E-state index contributed by atoms with van der Waals surface area (Å²) >= 11 is 0. The molecule has 0 radical (unpaired) electrons. The molecule has 1 aromatic rings. The first-order valence-electron chi connectivity index (χ1n) is 7.87. The molecule has 1 saturated heterocycles. The largest absolute Gasteiger partial charge is 0.497 e. The fraction of sp³-hybridized carbons (Fsp3) is 0.588. The summed E-state index contributed by atoms with van der Waals surface area (Å²) in [5, 5.41) is 3.59. The molecule has 3 fully saturated rings. The standard InChI is InChI=1S/C17H22N2O2/c1-11-8-13(9-11)19-15(18-17(6-7-17)16(19)20)12-4-3-5-14(10-12)21-2/h3-5,10-11,13,15,18H,6-9H2,1-2H3. The molecular formula is C17H22N2O2. The Bertz CT molecular complexity index is 576. The van der Waals surface area contributed by atoms with Gasteiger partial charge in [0, 0.05) is 6.04 Å². The van der Waals surface area contributed by atoms with Crippen molar-refractivity contribution in [1.29, 1.82) is 0 Å². The molecule has 1 N–H and O–H groups in total. The average molecular weight is 286 g/mol. The normalized spacial score (nSPS) is 33.1. The molecule has 1 amide bonds. The lowest BCUT2D eigenvalue weighted by molar-refractivity contribution is -0.135. The monoisotopic (exact) mass is 286 g/mol. The van der Waals surface area contributed by atoms with Gasteiger partial charge >= 0.3 is 0 Å². The first-order chi connectivity index (χ1) is 10.1. The van der Waals surface area contributed by atoms with Gasteiger partial charge in [-0.05, 0) is 49.3 Å². The van der Waals surface area contributed by atoms with E-state index in [4.69, 9.17) is 4.74 Å². The Morgan fingerprint density at radius 3 is 2.71 bits per heavy atom. The Balaban J connectivity index is 1.66. The van der Waals surface area contributed by atoms with Crippen molar-refractivity contribution in [2.45, 2.75) is 50.4 Å². The number of carbonyl (C=O) groups excluding carboxylic acids is 1. The summed E-state index contributed by atoms with van der Waals surface area (Å²) in [7, 11) is 1.68. The maximum atomic E-state index is 12.8. The van der Waals surface area contributed by atoms with Crippen LogP contribution in [0.1, 0.15) is 44.3 Å². The highest BCUT2D eigenvalue weighted by molar-refractivity contribution is 5.92. The van der Waals surface area contributed by atoms with Crippen molar-refractivity contribution < 1.29 is 9.53 Å². The molecule has 4 nitrogen and oxygen atoms in total. The SMILES string of the molecule is COc1cccc(C2NC3(CC3)C(=O)N2C2CC(C)C2)c1. The molecule has 4 heteroatoms. The minimum atomic E-state index is -0.257. The topological polar surface area (TPSA) is 41.6 Å². The number of hydrogen-bond acceptors (Lipinski definition) is 3. The van der Waals surface area contributed by atoms with Gasteiger partial charge in [-0.3, -0.25) is 10.1 Å². The number of methoxy groups -OCH3 is 1. The van der Waals surface area contributed by atoms with Crippen molar-refractivity contribution in [3.05, 3.63) is 29.8 Å². The third-order valence-electron chi connectivity index (χ3n) is 5.24. The first kappa shape index (κ1) is 13.1. The van der Waals surface area contributed by atoms with Crippen LogP contribution in [-0.2, 0) is 4.79 Å². The quantitative estimate of drug-likeness (QED) is 0.928. The van der Waals surface area contributed by atoms with E-state index >= 15 is 0 Å². The fourth-order valence-electron chi connectivity index (χ4n) is 3.76. The lowest BCUT2D eigenvalue weighted by Crippen LogP contribution is -2.47. The summed E-state index contributed by atoms with van der Waals surface area (Å²) in [6.45, 7) is 2.26. The second-order valence-corrected chi connectivity index (χ2v) is 6.85. The molecule has 2 aliphatic carbocycles. The molecule has 1 atom stereocenters. The van der Waals surface area contributed by atoms with Crippen molar-refractivity contribution in [3.63, 3.8) is 0 Å². The van der Waals surface area contributed by atoms with E-state index in [-0.39, 0.29) is 11.7 Å². The van der Waals surface area contributed by atoms with Gasteiger partial charge in [0.05, 0.1) is 7.11 Å². The summed E-state index contributed by atoms with van der Waals surface area (Å²) in [5.74, 6) is 1.90. The number of rotatable bonds is 3. The van der Waals surface area contributed by atoms with Crippen molar-refractivity contribution in [2.75, 3.05) is 7.11 Å². The van der Waals surface area contributed by atoms with Crippen LogP contribution in [-0.4, -0.2) is 29.5 Å². The minimum Gasteiger partial charge on any atom is -0.497 e. The molecule has 2 saturated carbocycles. The van der Waals surface area contributed by atoms with Crippen LogP contribution in [0.15, 0.2) is 24.3 Å². The smallest absolute Gasteiger partial charge is 0.244 e. The van der Waals surface area contributed by atoms with E-state index < -0.39 is 0 Å². The third kappa shape index (κ3) is 1.96. The summed E-state index contributed by atoms with van der Waals surface area (Å²) in [6, 6.07) is 8.48. The van der Waals surface area contributed by atoms with Crippen LogP contribution in [0.3, 0.4) is 0 Å². The van der Waals surface area contributed by atoms with Crippen molar-refractivity contribution in [2.24, 2.45) is 5.92 Å². The average Bonchev–Trinajstić information content (AvgIpc) is 3.19. The molecule has 21 heavy (non-hydrogen) atoms. The lowest BCUT2D eigenvalue weighted by atomic mass is 9.80. The van der Waals surface area contributed by atoms with Crippen LogP contribution in [0.4, 0.5) is 0 Å². The van der Waals surface area contributed by atoms with E-state index in [1.165, 1.54) is 0 Å². The zero-order valence-electron chi connectivity index (χ0n) is 12.6. The van der Waals surface area contributed by atoms with Gasteiger partial charge < -0.3 is 9.64 Å². The van der Waals surface area contributed by atoms with Gasteiger partial charge in [-0.15, -0.1) is 0 Å². The Labute approximate surface area is 125 Å². The molecular weight excluding hydrogens is 264 g/mol. The van der Waals surface area contributed by atoms with E-state index in [2.05, 4.69) is 23.2 Å². The Hall–Kier alpha value is -1.55. The van der Waals surface area contributed by atoms with E-state index in [9.17, 15) is 4.79 Å². The van der Waals surface area contributed by atoms with Gasteiger partial charge in [-0.2, -0.15) is 0 Å². The van der Waals surface area contributed by atoms with Crippen LogP contribution in [0.5, 0.6) is 5.75 Å². The summed E-state index contributed by atoms with van der Waals surface area (Å²) in [5.41, 5.74) is 0.873. The van der Waals surface area contributed by atoms with Crippen LogP contribution in [0.2, 0.25) is 0 Å². The summed E-state index contributed by atoms with van der Waals surface area (Å²) in [4.78, 5) is 14.9. The maximum absolute atomic E-state index is 12.8. The molecule has 1 aromatic carbocycles. The summed E-state index contributed by atoms with van der Waals surface area (Å²) in [6.07, 6.45) is 4.22. The van der Waals surface area contributed by atoms with Crippen LogP contribution in [0, 0.1) is 5.92 Å². The zero-order chi connectivity index (χ0) is 14.6. The van der Waals surface area contributed by atoms with Gasteiger partial charge in [0.15, 0.2) is 0 Å². The van der Waals surface area contributed by atoms with E-state index in [1.54, 1.807) is 7.11 Å². The number of nitrogens with zero attached hydrogens (tertiary/aromatic N) is 1. The minimum absolute atomic E-state index is 0.00704. The molecule has 4 rings (SSSR count). The number of nitrogens with one attached hydrogen (secondary N) is 1. The second kappa shape index (κ2) is 4.47. The van der Waals surface area contributed by atoms with E-state index in [0.717, 1.165) is 42.9 Å². The molecule has 1 heterocycles. The molecule has 1 unspecified atom stereocenters. The maximum Gasteiger partial charge on any atom is 0.244 e. The Morgan fingerprint density at radius 1 is 1.33 bits per heavy atom. The van der Waals surface area contributed by atoms with Gasteiger partial charge in [-0.25, -0.2) is 0 Å². The summed E-state index contributed by atoms with van der Waals surface area (Å²) < 4.78 is 5.33. The molecule has 3 aliphatic rings. The van der Waals surface area contributed by atoms with Gasteiger partial charge in [0.1, 0.15) is 17.5 Å². The zero-order valence-corrected chi connectivity index (χ0v) is 12.6. The van der Waals surface area contributed by atoms with Crippen molar-refractivity contribution >= 4 is 5.91 Å². The molecule has 1 aliphatic heterocycles. The Morgan fingerprint density at radius 2 is 2.10 bits per heavy atom. The molecule has 112 valence electrons. The molecule has 1 spiro atoms. The highest BCUT2D eigenvalue weighted by Crippen LogP contribution is 2.49. The highest BCUT2D eigenvalue weighted by atomic mass is 16.5. The number of amides is 1. The van der Waals surface area contributed by atoms with Crippen molar-refractivity contribution in [1.82, 2.24) is 10.2 Å². The van der Waals surface area contributed by atoms with Crippen LogP contribution < -0.4 is 10.1 Å². The van der Waals surface area contributed by atoms with Gasteiger partial charge in [0.25, 0.3) is 0 Å².